The zero-order valence-electron chi connectivity index (χ0n) is 13.9. The number of hydrogen-bond acceptors (Lipinski definition) is 2. The number of carbonyl (C=O) groups excluding carboxylic acids is 1. The summed E-state index contributed by atoms with van der Waals surface area (Å²) in [6.07, 6.45) is 1.04. The van der Waals surface area contributed by atoms with E-state index in [-0.39, 0.29) is 18.3 Å². The first-order valence-electron chi connectivity index (χ1n) is 7.46. The molecule has 0 saturated carbocycles. The van der Waals surface area contributed by atoms with Crippen LogP contribution in [0.4, 0.5) is 4.39 Å². The van der Waals surface area contributed by atoms with Crippen molar-refractivity contribution in [3.05, 3.63) is 51.0 Å². The zero-order valence-corrected chi connectivity index (χ0v) is 15.4. The minimum Gasteiger partial charge on any atom is -0.341 e. The summed E-state index contributed by atoms with van der Waals surface area (Å²) in [7, 11) is 3.60. The lowest BCUT2D eigenvalue weighted by Crippen LogP contribution is -2.27. The second kappa shape index (κ2) is 7.25. The van der Waals surface area contributed by atoms with Crippen LogP contribution in [0.25, 0.3) is 0 Å². The molecule has 23 heavy (non-hydrogen) atoms. The number of rotatable bonds is 5. The largest absolute Gasteiger partial charge is 0.341 e. The molecule has 0 spiro atoms. The Labute approximate surface area is 144 Å². The fourth-order valence-corrected chi connectivity index (χ4v) is 3.02. The molecule has 4 nitrogen and oxygen atoms in total. The van der Waals surface area contributed by atoms with Crippen molar-refractivity contribution in [2.24, 2.45) is 7.05 Å². The van der Waals surface area contributed by atoms with Gasteiger partial charge in [0, 0.05) is 42.8 Å². The fourth-order valence-electron chi connectivity index (χ4n) is 2.61. The summed E-state index contributed by atoms with van der Waals surface area (Å²) in [4.78, 5) is 13.9. The van der Waals surface area contributed by atoms with Crippen molar-refractivity contribution in [3.63, 3.8) is 0 Å². The number of halogens is 2. The Hall–Kier alpha value is -1.69. The van der Waals surface area contributed by atoms with Crippen LogP contribution in [0.3, 0.4) is 0 Å². The highest BCUT2D eigenvalue weighted by Gasteiger charge is 2.15. The maximum atomic E-state index is 13.8. The van der Waals surface area contributed by atoms with Crippen molar-refractivity contribution in [1.29, 1.82) is 0 Å². The normalized spacial score (nSPS) is 10.9. The Kier molecular flexibility index (Phi) is 5.57. The molecule has 2 rings (SSSR count). The van der Waals surface area contributed by atoms with Gasteiger partial charge in [-0.15, -0.1) is 0 Å². The smallest absolute Gasteiger partial charge is 0.222 e. The molecule has 0 fully saturated rings. The van der Waals surface area contributed by atoms with Crippen molar-refractivity contribution in [3.8, 4) is 0 Å². The monoisotopic (exact) mass is 381 g/mol. The van der Waals surface area contributed by atoms with E-state index in [2.05, 4.69) is 21.0 Å². The summed E-state index contributed by atoms with van der Waals surface area (Å²) in [6, 6.07) is 4.75. The van der Waals surface area contributed by atoms with Crippen LogP contribution in [-0.2, 0) is 24.8 Å². The number of aryl methyl sites for hydroxylation is 2. The topological polar surface area (TPSA) is 38.1 Å². The van der Waals surface area contributed by atoms with Gasteiger partial charge in [0.05, 0.1) is 5.69 Å². The molecule has 0 unspecified atom stereocenters. The van der Waals surface area contributed by atoms with Crippen LogP contribution >= 0.6 is 15.9 Å². The van der Waals surface area contributed by atoms with E-state index in [9.17, 15) is 9.18 Å². The van der Waals surface area contributed by atoms with E-state index in [0.717, 1.165) is 21.4 Å². The van der Waals surface area contributed by atoms with Crippen LogP contribution in [0.2, 0.25) is 0 Å². The lowest BCUT2D eigenvalue weighted by Gasteiger charge is -2.18. The summed E-state index contributed by atoms with van der Waals surface area (Å²) in [6.45, 7) is 4.21. The van der Waals surface area contributed by atoms with Gasteiger partial charge in [-0.3, -0.25) is 9.48 Å². The van der Waals surface area contributed by atoms with Crippen LogP contribution < -0.4 is 0 Å². The van der Waals surface area contributed by atoms with E-state index < -0.39 is 0 Å². The third kappa shape index (κ3) is 4.19. The average Bonchev–Trinajstić information content (AvgIpc) is 2.73. The highest BCUT2D eigenvalue weighted by molar-refractivity contribution is 9.10. The summed E-state index contributed by atoms with van der Waals surface area (Å²) < 4.78 is 16.4. The predicted octanol–water partition coefficient (Wildman–Crippen LogP) is 3.53. The Morgan fingerprint density at radius 2 is 2.09 bits per heavy atom. The summed E-state index contributed by atoms with van der Waals surface area (Å²) in [5, 5.41) is 4.36. The van der Waals surface area contributed by atoms with Crippen molar-refractivity contribution < 1.29 is 9.18 Å². The molecule has 124 valence electrons. The molecule has 0 radical (unpaired) electrons. The van der Waals surface area contributed by atoms with Gasteiger partial charge < -0.3 is 4.90 Å². The molecule has 0 bridgehead atoms. The second-order valence-electron chi connectivity index (χ2n) is 5.76. The van der Waals surface area contributed by atoms with E-state index >= 15 is 0 Å². The fraction of sp³-hybridized carbons (Fsp3) is 0.412. The van der Waals surface area contributed by atoms with Gasteiger partial charge in [0.2, 0.25) is 5.91 Å². The minimum atomic E-state index is -0.299. The maximum absolute atomic E-state index is 13.8. The molecule has 0 aliphatic heterocycles. The van der Waals surface area contributed by atoms with Crippen molar-refractivity contribution >= 4 is 21.8 Å². The van der Waals surface area contributed by atoms with E-state index in [1.54, 1.807) is 24.1 Å². The van der Waals surface area contributed by atoms with Crippen LogP contribution in [0.1, 0.15) is 28.9 Å². The summed E-state index contributed by atoms with van der Waals surface area (Å²) >= 11 is 3.32. The van der Waals surface area contributed by atoms with Gasteiger partial charge in [-0.2, -0.15) is 5.10 Å². The van der Waals surface area contributed by atoms with E-state index in [4.69, 9.17) is 0 Å². The summed E-state index contributed by atoms with van der Waals surface area (Å²) in [5.41, 5.74) is 3.65. The Balaban J connectivity index is 1.99. The van der Waals surface area contributed by atoms with Gasteiger partial charge in [-0.1, -0.05) is 15.9 Å². The van der Waals surface area contributed by atoms with E-state index in [0.29, 0.717) is 18.4 Å². The van der Waals surface area contributed by atoms with Gasteiger partial charge in [-0.25, -0.2) is 4.39 Å². The van der Waals surface area contributed by atoms with Crippen LogP contribution in [0, 0.1) is 19.7 Å². The molecular weight excluding hydrogens is 361 g/mol. The van der Waals surface area contributed by atoms with Crippen molar-refractivity contribution in [2.75, 3.05) is 7.05 Å². The van der Waals surface area contributed by atoms with Crippen LogP contribution in [-0.4, -0.2) is 27.6 Å². The quantitative estimate of drug-likeness (QED) is 0.794. The first-order valence-corrected chi connectivity index (χ1v) is 8.26. The van der Waals surface area contributed by atoms with Gasteiger partial charge >= 0.3 is 0 Å². The second-order valence-corrected chi connectivity index (χ2v) is 6.67. The molecule has 1 aromatic carbocycles. The molecule has 0 N–H and O–H groups in total. The number of amides is 1. The highest BCUT2D eigenvalue weighted by Crippen LogP contribution is 2.18. The van der Waals surface area contributed by atoms with Crippen LogP contribution in [0.5, 0.6) is 0 Å². The Morgan fingerprint density at radius 3 is 2.70 bits per heavy atom. The number of nitrogens with zero attached hydrogens (tertiary/aromatic N) is 3. The number of hydrogen-bond donors (Lipinski definition) is 0. The van der Waals surface area contributed by atoms with E-state index in [1.807, 2.05) is 25.6 Å². The molecule has 2 aromatic rings. The average molecular weight is 382 g/mol. The van der Waals surface area contributed by atoms with Gasteiger partial charge in [0.25, 0.3) is 0 Å². The number of benzene rings is 1. The molecule has 1 heterocycles. The number of aromatic nitrogens is 2. The first-order chi connectivity index (χ1) is 10.8. The van der Waals surface area contributed by atoms with E-state index in [1.165, 1.54) is 6.07 Å². The summed E-state index contributed by atoms with van der Waals surface area (Å²) in [5.74, 6) is -0.307. The van der Waals surface area contributed by atoms with Crippen molar-refractivity contribution in [1.82, 2.24) is 14.7 Å². The molecule has 1 amide bonds. The molecule has 1 aromatic heterocycles. The molecule has 0 aliphatic carbocycles. The third-order valence-electron chi connectivity index (χ3n) is 4.09. The Morgan fingerprint density at radius 1 is 1.39 bits per heavy atom. The van der Waals surface area contributed by atoms with Crippen LogP contribution in [0.15, 0.2) is 22.7 Å². The standard InChI is InChI=1S/C17H21BrFN3O/c1-11-15(12(2)22(4)20-11)6-8-17(23)21(3)10-13-9-14(18)5-7-16(13)19/h5,7,9H,6,8,10H2,1-4H3. The predicted molar refractivity (Wildman–Crippen MR) is 91.6 cm³/mol. The third-order valence-corrected chi connectivity index (χ3v) is 4.58. The Bertz CT molecular complexity index is 727. The molecule has 6 heteroatoms. The molecule has 0 aliphatic rings. The molecule has 0 saturated heterocycles. The van der Waals surface area contributed by atoms with Crippen molar-refractivity contribution in [2.45, 2.75) is 33.2 Å². The van der Waals surface area contributed by atoms with Gasteiger partial charge in [0.1, 0.15) is 5.82 Å². The lowest BCUT2D eigenvalue weighted by atomic mass is 10.1. The first kappa shape index (κ1) is 17.7. The molecule has 0 atom stereocenters. The number of carbonyl (C=O) groups is 1. The van der Waals surface area contributed by atoms with Gasteiger partial charge in [-0.05, 0) is 44.0 Å². The SMILES string of the molecule is Cc1nn(C)c(C)c1CCC(=O)N(C)Cc1cc(Br)ccc1F. The minimum absolute atomic E-state index is 0.00738. The molecular formula is C17H21BrFN3O. The zero-order chi connectivity index (χ0) is 17.1. The van der Waals surface area contributed by atoms with Gasteiger partial charge in [0.15, 0.2) is 0 Å². The lowest BCUT2D eigenvalue weighted by molar-refractivity contribution is -0.130. The maximum Gasteiger partial charge on any atom is 0.222 e. The highest BCUT2D eigenvalue weighted by atomic mass is 79.9.